The van der Waals surface area contributed by atoms with Crippen LogP contribution >= 0.6 is 12.4 Å². The molecular weight excluding hydrogens is 190 g/mol. The standard InChI is InChI=1S/C8H19N3O.ClH/c1-10-2-4-11(5-3-10)6-8(9)7-12;/h8,12H,2-7,9H2,1H3;1H. The number of aliphatic hydroxyl groups excluding tert-OH is 1. The van der Waals surface area contributed by atoms with Crippen LogP contribution in [0.5, 0.6) is 0 Å². The van der Waals surface area contributed by atoms with Gasteiger partial charge in [-0.3, -0.25) is 4.90 Å². The number of nitrogens with two attached hydrogens (primary N) is 1. The summed E-state index contributed by atoms with van der Waals surface area (Å²) >= 11 is 0. The number of hydrogen-bond donors (Lipinski definition) is 2. The molecule has 0 saturated carbocycles. The topological polar surface area (TPSA) is 52.7 Å². The van der Waals surface area contributed by atoms with E-state index in [1.54, 1.807) is 0 Å². The van der Waals surface area contributed by atoms with E-state index in [2.05, 4.69) is 16.8 Å². The molecule has 0 radical (unpaired) electrons. The SMILES string of the molecule is CN1CCN(CC(N)CO)CC1.Cl. The van der Waals surface area contributed by atoms with Crippen molar-refractivity contribution in [3.63, 3.8) is 0 Å². The van der Waals surface area contributed by atoms with Crippen molar-refractivity contribution >= 4 is 12.4 Å². The molecule has 5 heteroatoms. The lowest BCUT2D eigenvalue weighted by molar-refractivity contribution is 0.134. The third-order valence-electron chi connectivity index (χ3n) is 2.32. The predicted molar refractivity (Wildman–Crippen MR) is 56.2 cm³/mol. The van der Waals surface area contributed by atoms with E-state index in [4.69, 9.17) is 10.8 Å². The van der Waals surface area contributed by atoms with Crippen LogP contribution in [0.25, 0.3) is 0 Å². The molecule has 1 unspecified atom stereocenters. The molecule has 1 fully saturated rings. The Hall–Kier alpha value is 0.130. The summed E-state index contributed by atoms with van der Waals surface area (Å²) in [4.78, 5) is 4.61. The highest BCUT2D eigenvalue weighted by atomic mass is 35.5. The quantitative estimate of drug-likeness (QED) is 0.625. The normalized spacial score (nSPS) is 22.4. The Morgan fingerprint density at radius 2 is 1.85 bits per heavy atom. The summed E-state index contributed by atoms with van der Waals surface area (Å²) in [6, 6.07) is -0.0755. The zero-order valence-corrected chi connectivity index (χ0v) is 8.96. The van der Waals surface area contributed by atoms with Gasteiger partial charge < -0.3 is 15.7 Å². The first kappa shape index (κ1) is 13.1. The molecule has 0 aromatic heterocycles. The van der Waals surface area contributed by atoms with E-state index in [9.17, 15) is 0 Å². The predicted octanol–water partition coefficient (Wildman–Crippen LogP) is -1.02. The Balaban J connectivity index is 0.00000144. The summed E-state index contributed by atoms with van der Waals surface area (Å²) in [6.45, 7) is 5.28. The molecule has 13 heavy (non-hydrogen) atoms. The molecule has 1 saturated heterocycles. The van der Waals surface area contributed by atoms with Gasteiger partial charge in [-0.05, 0) is 7.05 Å². The molecule has 1 atom stereocenters. The lowest BCUT2D eigenvalue weighted by Crippen LogP contribution is -2.49. The van der Waals surface area contributed by atoms with Crippen LogP contribution in [0.3, 0.4) is 0 Å². The van der Waals surface area contributed by atoms with Gasteiger partial charge in [0, 0.05) is 38.8 Å². The third-order valence-corrected chi connectivity index (χ3v) is 2.32. The molecule has 0 bridgehead atoms. The van der Waals surface area contributed by atoms with Gasteiger partial charge in [0.1, 0.15) is 0 Å². The highest BCUT2D eigenvalue weighted by Crippen LogP contribution is 1.98. The highest BCUT2D eigenvalue weighted by molar-refractivity contribution is 5.85. The Morgan fingerprint density at radius 3 is 2.31 bits per heavy atom. The molecule has 3 N–H and O–H groups in total. The second kappa shape index (κ2) is 6.56. The van der Waals surface area contributed by atoms with Crippen molar-refractivity contribution in [1.82, 2.24) is 9.80 Å². The number of nitrogens with zero attached hydrogens (tertiary/aromatic N) is 2. The van der Waals surface area contributed by atoms with Crippen molar-refractivity contribution < 1.29 is 5.11 Å². The fourth-order valence-electron chi connectivity index (χ4n) is 1.42. The van der Waals surface area contributed by atoms with Crippen LogP contribution < -0.4 is 5.73 Å². The minimum Gasteiger partial charge on any atom is -0.395 e. The van der Waals surface area contributed by atoms with Crippen LogP contribution in [0.4, 0.5) is 0 Å². The maximum absolute atomic E-state index is 8.76. The van der Waals surface area contributed by atoms with E-state index < -0.39 is 0 Å². The number of likely N-dealkylation sites (N-methyl/N-ethyl adjacent to an activating group) is 1. The van der Waals surface area contributed by atoms with E-state index in [0.29, 0.717) is 0 Å². The molecule has 80 valence electrons. The first-order chi connectivity index (χ1) is 5.72. The number of halogens is 1. The zero-order chi connectivity index (χ0) is 8.97. The maximum Gasteiger partial charge on any atom is 0.0595 e. The van der Waals surface area contributed by atoms with Gasteiger partial charge >= 0.3 is 0 Å². The van der Waals surface area contributed by atoms with Crippen molar-refractivity contribution in [2.75, 3.05) is 46.4 Å². The van der Waals surface area contributed by atoms with Crippen molar-refractivity contribution in [2.45, 2.75) is 6.04 Å². The van der Waals surface area contributed by atoms with Gasteiger partial charge in [-0.1, -0.05) is 0 Å². The Morgan fingerprint density at radius 1 is 1.31 bits per heavy atom. The average Bonchev–Trinajstić information content (AvgIpc) is 2.09. The minimum atomic E-state index is -0.0755. The summed E-state index contributed by atoms with van der Waals surface area (Å²) in [5.41, 5.74) is 5.63. The first-order valence-electron chi connectivity index (χ1n) is 4.49. The van der Waals surface area contributed by atoms with Gasteiger partial charge in [-0.2, -0.15) is 0 Å². The smallest absolute Gasteiger partial charge is 0.0595 e. The monoisotopic (exact) mass is 209 g/mol. The van der Waals surface area contributed by atoms with Gasteiger partial charge in [0.25, 0.3) is 0 Å². The molecule has 1 heterocycles. The lowest BCUT2D eigenvalue weighted by atomic mass is 10.2. The molecule has 1 aliphatic heterocycles. The second-order valence-electron chi connectivity index (χ2n) is 3.55. The highest BCUT2D eigenvalue weighted by Gasteiger charge is 2.15. The van der Waals surface area contributed by atoms with Crippen LogP contribution in [0.15, 0.2) is 0 Å². The summed E-state index contributed by atoms with van der Waals surface area (Å²) < 4.78 is 0. The summed E-state index contributed by atoms with van der Waals surface area (Å²) in [7, 11) is 2.13. The fourth-order valence-corrected chi connectivity index (χ4v) is 1.42. The van der Waals surface area contributed by atoms with Crippen molar-refractivity contribution in [3.8, 4) is 0 Å². The van der Waals surface area contributed by atoms with E-state index in [0.717, 1.165) is 32.7 Å². The van der Waals surface area contributed by atoms with Gasteiger partial charge in [0.05, 0.1) is 6.61 Å². The number of rotatable bonds is 3. The lowest BCUT2D eigenvalue weighted by Gasteiger charge is -2.33. The van der Waals surface area contributed by atoms with Crippen molar-refractivity contribution in [1.29, 1.82) is 0 Å². The van der Waals surface area contributed by atoms with Crippen molar-refractivity contribution in [2.24, 2.45) is 5.73 Å². The first-order valence-corrected chi connectivity index (χ1v) is 4.49. The summed E-state index contributed by atoms with van der Waals surface area (Å²) in [5.74, 6) is 0. The number of piperazine rings is 1. The Kier molecular flexibility index (Phi) is 6.63. The largest absolute Gasteiger partial charge is 0.395 e. The van der Waals surface area contributed by atoms with E-state index in [-0.39, 0.29) is 25.1 Å². The number of hydrogen-bond acceptors (Lipinski definition) is 4. The summed E-state index contributed by atoms with van der Waals surface area (Å²) in [6.07, 6.45) is 0. The molecule has 0 amide bonds. The minimum absolute atomic E-state index is 0. The Bertz CT molecular complexity index is 129. The molecule has 4 nitrogen and oxygen atoms in total. The molecule has 0 aromatic rings. The fraction of sp³-hybridized carbons (Fsp3) is 1.00. The maximum atomic E-state index is 8.76. The average molecular weight is 210 g/mol. The molecule has 0 aliphatic carbocycles. The van der Waals surface area contributed by atoms with E-state index in [1.807, 2.05) is 0 Å². The van der Waals surface area contributed by atoms with Crippen LogP contribution in [-0.2, 0) is 0 Å². The zero-order valence-electron chi connectivity index (χ0n) is 8.15. The van der Waals surface area contributed by atoms with E-state index >= 15 is 0 Å². The van der Waals surface area contributed by atoms with Crippen LogP contribution in [0, 0.1) is 0 Å². The van der Waals surface area contributed by atoms with Crippen LogP contribution in [0.2, 0.25) is 0 Å². The van der Waals surface area contributed by atoms with Gasteiger partial charge in [0.2, 0.25) is 0 Å². The molecule has 1 rings (SSSR count). The molecule has 0 spiro atoms. The van der Waals surface area contributed by atoms with Gasteiger partial charge in [-0.15, -0.1) is 12.4 Å². The third kappa shape index (κ3) is 4.78. The van der Waals surface area contributed by atoms with E-state index in [1.165, 1.54) is 0 Å². The second-order valence-corrected chi connectivity index (χ2v) is 3.55. The molecular formula is C8H20ClN3O. The number of aliphatic hydroxyl groups is 1. The van der Waals surface area contributed by atoms with Crippen molar-refractivity contribution in [3.05, 3.63) is 0 Å². The van der Waals surface area contributed by atoms with Crippen LogP contribution in [-0.4, -0.2) is 67.3 Å². The summed E-state index contributed by atoms with van der Waals surface area (Å²) in [5, 5.41) is 8.76. The van der Waals surface area contributed by atoms with Gasteiger partial charge in [-0.25, -0.2) is 0 Å². The molecule has 1 aliphatic rings. The Labute approximate surface area is 86.1 Å². The van der Waals surface area contributed by atoms with Gasteiger partial charge in [0.15, 0.2) is 0 Å². The molecule has 0 aromatic carbocycles. The van der Waals surface area contributed by atoms with Crippen LogP contribution in [0.1, 0.15) is 0 Å².